The summed E-state index contributed by atoms with van der Waals surface area (Å²) in [6.45, 7) is 0.806. The van der Waals surface area contributed by atoms with Crippen LogP contribution in [0.25, 0.3) is 0 Å². The molecule has 1 saturated carbocycles. The van der Waals surface area contributed by atoms with Crippen LogP contribution in [0, 0.1) is 5.92 Å². The molecule has 2 bridgehead atoms. The smallest absolute Gasteiger partial charge is 0.414 e. The number of methoxy groups -OCH3 is 1. The average Bonchev–Trinajstić information content (AvgIpc) is 2.54. The van der Waals surface area contributed by atoms with Gasteiger partial charge in [-0.2, -0.15) is 0 Å². The molecule has 0 saturated heterocycles. The van der Waals surface area contributed by atoms with E-state index >= 15 is 0 Å². The zero-order valence-corrected chi connectivity index (χ0v) is 10.8. The van der Waals surface area contributed by atoms with Crippen LogP contribution >= 0.6 is 0 Å². The summed E-state index contributed by atoms with van der Waals surface area (Å²) in [5.74, 6) is 1.24. The number of amides is 1. The van der Waals surface area contributed by atoms with Gasteiger partial charge in [-0.05, 0) is 42.7 Å². The van der Waals surface area contributed by atoms with Crippen molar-refractivity contribution in [2.75, 3.05) is 18.6 Å². The third-order valence-electron chi connectivity index (χ3n) is 4.29. The number of hydrogen-bond donors (Lipinski definition) is 0. The summed E-state index contributed by atoms with van der Waals surface area (Å²) in [4.78, 5) is 13.8. The maximum atomic E-state index is 12.0. The molecule has 1 heterocycles. The second-order valence-electron chi connectivity index (χ2n) is 5.37. The van der Waals surface area contributed by atoms with Gasteiger partial charge in [-0.3, -0.25) is 4.90 Å². The van der Waals surface area contributed by atoms with Gasteiger partial charge in [-0.1, -0.05) is 24.6 Å². The van der Waals surface area contributed by atoms with E-state index in [1.165, 1.54) is 38.4 Å². The topological polar surface area (TPSA) is 29.5 Å². The van der Waals surface area contributed by atoms with Crippen LogP contribution in [0.1, 0.15) is 37.2 Å². The number of anilines is 1. The van der Waals surface area contributed by atoms with Crippen molar-refractivity contribution >= 4 is 11.8 Å². The van der Waals surface area contributed by atoms with E-state index in [1.54, 1.807) is 0 Å². The molecular weight excluding hydrogens is 226 g/mol. The summed E-state index contributed by atoms with van der Waals surface area (Å²) in [6.07, 6.45) is 4.75. The Bertz CT molecular complexity index is 458. The minimum absolute atomic E-state index is 0.227. The van der Waals surface area contributed by atoms with Gasteiger partial charge >= 0.3 is 6.09 Å². The van der Waals surface area contributed by atoms with Crippen molar-refractivity contribution < 1.29 is 9.53 Å². The fraction of sp³-hybridized carbons (Fsp3) is 0.533. The quantitative estimate of drug-likeness (QED) is 0.699. The van der Waals surface area contributed by atoms with E-state index in [1.807, 2.05) is 17.0 Å². The zero-order valence-electron chi connectivity index (χ0n) is 10.8. The van der Waals surface area contributed by atoms with E-state index in [9.17, 15) is 4.79 Å². The lowest BCUT2D eigenvalue weighted by Gasteiger charge is -2.26. The number of para-hydroxylation sites is 1. The van der Waals surface area contributed by atoms with Gasteiger partial charge in [0.25, 0.3) is 0 Å². The first kappa shape index (κ1) is 11.6. The first-order valence-electron chi connectivity index (χ1n) is 6.74. The molecule has 0 aromatic heterocycles. The minimum Gasteiger partial charge on any atom is -0.452 e. The number of nitrogens with zero attached hydrogens (tertiary/aromatic N) is 1. The van der Waals surface area contributed by atoms with Crippen LogP contribution in [-0.2, 0) is 4.74 Å². The molecule has 18 heavy (non-hydrogen) atoms. The Morgan fingerprint density at radius 3 is 3.00 bits per heavy atom. The molecule has 0 radical (unpaired) electrons. The molecular formula is C15H19NO2. The van der Waals surface area contributed by atoms with Crippen LogP contribution in [0.3, 0.4) is 0 Å². The first-order chi connectivity index (χ1) is 8.79. The number of benzene rings is 1. The Hall–Kier alpha value is -1.51. The number of carbonyl (C=O) groups is 1. The largest absolute Gasteiger partial charge is 0.452 e. The lowest BCUT2D eigenvalue weighted by molar-refractivity contribution is 0.176. The summed E-state index contributed by atoms with van der Waals surface area (Å²) >= 11 is 0. The lowest BCUT2D eigenvalue weighted by Crippen LogP contribution is -2.34. The number of carbonyl (C=O) groups excluding carboxylic acids is 1. The molecule has 3 heteroatoms. The van der Waals surface area contributed by atoms with E-state index in [2.05, 4.69) is 12.1 Å². The lowest BCUT2D eigenvalue weighted by atomic mass is 9.79. The van der Waals surface area contributed by atoms with Crippen molar-refractivity contribution in [3.05, 3.63) is 29.8 Å². The third kappa shape index (κ3) is 1.88. The highest BCUT2D eigenvalue weighted by Crippen LogP contribution is 2.43. The van der Waals surface area contributed by atoms with Gasteiger partial charge < -0.3 is 4.74 Å². The van der Waals surface area contributed by atoms with E-state index in [0.717, 1.165) is 12.2 Å². The highest BCUT2D eigenvalue weighted by Gasteiger charge is 2.33. The molecule has 3 rings (SSSR count). The van der Waals surface area contributed by atoms with Crippen LogP contribution in [0.5, 0.6) is 0 Å². The van der Waals surface area contributed by atoms with E-state index < -0.39 is 0 Å². The fourth-order valence-electron chi connectivity index (χ4n) is 3.46. The molecule has 2 unspecified atom stereocenters. The molecule has 1 amide bonds. The standard InChI is InChI=1S/C15H19NO2/c1-18-15(17)16-10-11-5-4-6-12(9-11)13-7-2-3-8-14(13)16/h2-3,7-8,11-12H,4-6,9-10H2,1H3. The van der Waals surface area contributed by atoms with Gasteiger partial charge in [0.15, 0.2) is 0 Å². The van der Waals surface area contributed by atoms with Crippen LogP contribution in [0.15, 0.2) is 24.3 Å². The Labute approximate surface area is 108 Å². The number of ether oxygens (including phenoxy) is 1. The first-order valence-corrected chi connectivity index (χ1v) is 6.74. The fourth-order valence-corrected chi connectivity index (χ4v) is 3.46. The summed E-state index contributed by atoms with van der Waals surface area (Å²) < 4.78 is 4.94. The van der Waals surface area contributed by atoms with Crippen molar-refractivity contribution in [2.45, 2.75) is 31.6 Å². The van der Waals surface area contributed by atoms with E-state index in [4.69, 9.17) is 4.74 Å². The molecule has 3 nitrogen and oxygen atoms in total. The molecule has 1 aliphatic heterocycles. The molecule has 2 aliphatic rings. The number of fused-ring (bicyclic) bond motifs is 4. The van der Waals surface area contributed by atoms with Gasteiger partial charge in [0.2, 0.25) is 0 Å². The van der Waals surface area contributed by atoms with E-state index in [0.29, 0.717) is 11.8 Å². The summed E-state index contributed by atoms with van der Waals surface area (Å²) in [7, 11) is 1.46. The Kier molecular flexibility index (Phi) is 2.98. The molecule has 1 aliphatic carbocycles. The Morgan fingerprint density at radius 1 is 1.33 bits per heavy atom. The number of rotatable bonds is 0. The molecule has 1 aromatic rings. The summed E-state index contributed by atoms with van der Waals surface area (Å²) in [6, 6.07) is 8.30. The Morgan fingerprint density at radius 2 is 2.17 bits per heavy atom. The number of hydrogen-bond acceptors (Lipinski definition) is 2. The highest BCUT2D eigenvalue weighted by atomic mass is 16.5. The minimum atomic E-state index is -0.227. The van der Waals surface area contributed by atoms with Gasteiger partial charge in [-0.15, -0.1) is 0 Å². The SMILES string of the molecule is COC(=O)N1CC2CCCC(C2)c2ccccc21. The van der Waals surface area contributed by atoms with Crippen LogP contribution < -0.4 is 4.90 Å². The monoisotopic (exact) mass is 245 g/mol. The van der Waals surface area contributed by atoms with E-state index in [-0.39, 0.29) is 6.09 Å². The molecule has 0 spiro atoms. The summed E-state index contributed by atoms with van der Waals surface area (Å²) in [5.41, 5.74) is 2.38. The van der Waals surface area contributed by atoms with Crippen LogP contribution in [-0.4, -0.2) is 19.7 Å². The Balaban J connectivity index is 2.05. The second kappa shape index (κ2) is 4.63. The van der Waals surface area contributed by atoms with Gasteiger partial charge in [-0.25, -0.2) is 4.79 Å². The summed E-state index contributed by atoms with van der Waals surface area (Å²) in [5, 5.41) is 0. The third-order valence-corrected chi connectivity index (χ3v) is 4.29. The molecule has 2 atom stereocenters. The highest BCUT2D eigenvalue weighted by molar-refractivity contribution is 5.89. The van der Waals surface area contributed by atoms with Gasteiger partial charge in [0.1, 0.15) is 0 Å². The predicted octanol–water partition coefficient (Wildman–Crippen LogP) is 3.55. The van der Waals surface area contributed by atoms with Crippen LogP contribution in [0.4, 0.5) is 10.5 Å². The molecule has 1 aromatic carbocycles. The zero-order chi connectivity index (χ0) is 12.5. The molecule has 1 fully saturated rings. The van der Waals surface area contributed by atoms with Gasteiger partial charge in [0, 0.05) is 6.54 Å². The maximum absolute atomic E-state index is 12.0. The van der Waals surface area contributed by atoms with Crippen molar-refractivity contribution in [1.82, 2.24) is 0 Å². The predicted molar refractivity (Wildman–Crippen MR) is 70.9 cm³/mol. The normalized spacial score (nSPS) is 26.2. The van der Waals surface area contributed by atoms with Crippen molar-refractivity contribution in [3.63, 3.8) is 0 Å². The molecule has 0 N–H and O–H groups in total. The van der Waals surface area contributed by atoms with Gasteiger partial charge in [0.05, 0.1) is 12.8 Å². The van der Waals surface area contributed by atoms with Crippen molar-refractivity contribution in [1.29, 1.82) is 0 Å². The average molecular weight is 245 g/mol. The molecule has 96 valence electrons. The van der Waals surface area contributed by atoms with Crippen molar-refractivity contribution in [2.24, 2.45) is 5.92 Å². The van der Waals surface area contributed by atoms with Crippen LogP contribution in [0.2, 0.25) is 0 Å². The second-order valence-corrected chi connectivity index (χ2v) is 5.37. The maximum Gasteiger partial charge on any atom is 0.414 e. The van der Waals surface area contributed by atoms with Crippen molar-refractivity contribution in [3.8, 4) is 0 Å².